The van der Waals surface area contributed by atoms with Gasteiger partial charge < -0.3 is 5.32 Å². The number of nitrogens with zero attached hydrogens (tertiary/aromatic N) is 1. The number of hydrogen-bond acceptors (Lipinski definition) is 3. The normalized spacial score (nSPS) is 18.2. The summed E-state index contributed by atoms with van der Waals surface area (Å²) in [6.07, 6.45) is 6.67. The van der Waals surface area contributed by atoms with Gasteiger partial charge in [0.15, 0.2) is 0 Å². The average Bonchev–Trinajstić information content (AvgIpc) is 2.46. The molecule has 0 heterocycles. The first-order valence-corrected chi connectivity index (χ1v) is 7.13. The van der Waals surface area contributed by atoms with E-state index in [0.29, 0.717) is 12.6 Å². The Morgan fingerprint density at radius 2 is 2.11 bits per heavy atom. The summed E-state index contributed by atoms with van der Waals surface area (Å²) in [5.41, 5.74) is 1.15. The van der Waals surface area contributed by atoms with Crippen LogP contribution in [0.15, 0.2) is 24.3 Å². The van der Waals surface area contributed by atoms with Crippen LogP contribution in [0.4, 0.5) is 5.69 Å². The van der Waals surface area contributed by atoms with E-state index in [4.69, 9.17) is 0 Å². The van der Waals surface area contributed by atoms with Gasteiger partial charge in [-0.2, -0.15) is 0 Å². The topological polar surface area (TPSA) is 55.2 Å². The Morgan fingerprint density at radius 3 is 2.79 bits per heavy atom. The Balaban J connectivity index is 1.87. The number of nitrogens with one attached hydrogen (secondary N) is 1. The summed E-state index contributed by atoms with van der Waals surface area (Å²) in [7, 11) is 0. The fourth-order valence-corrected chi connectivity index (χ4v) is 2.86. The van der Waals surface area contributed by atoms with E-state index in [1.807, 2.05) is 6.07 Å². The number of non-ortho nitro benzene ring substituents is 1. The fraction of sp³-hybridized carbons (Fsp3) is 0.600. The number of rotatable bonds is 5. The van der Waals surface area contributed by atoms with Crippen LogP contribution in [0.2, 0.25) is 0 Å². The second-order valence-electron chi connectivity index (χ2n) is 5.49. The maximum absolute atomic E-state index is 10.7. The Bertz CT molecular complexity index is 428. The third-order valence-electron chi connectivity index (χ3n) is 4.11. The second kappa shape index (κ2) is 6.66. The van der Waals surface area contributed by atoms with Crippen molar-refractivity contribution >= 4 is 5.69 Å². The van der Waals surface area contributed by atoms with Crippen molar-refractivity contribution in [2.45, 2.75) is 51.6 Å². The predicted molar refractivity (Wildman–Crippen MR) is 76.0 cm³/mol. The van der Waals surface area contributed by atoms with E-state index in [0.717, 1.165) is 11.5 Å². The minimum absolute atomic E-state index is 0.171. The molecule has 0 saturated heterocycles. The first-order chi connectivity index (χ1) is 9.16. The maximum atomic E-state index is 10.7. The molecule has 1 aromatic carbocycles. The van der Waals surface area contributed by atoms with Crippen LogP contribution in [0.3, 0.4) is 0 Å². The molecule has 0 bridgehead atoms. The van der Waals surface area contributed by atoms with Crippen LogP contribution in [-0.2, 0) is 6.54 Å². The van der Waals surface area contributed by atoms with Crippen LogP contribution < -0.4 is 5.32 Å². The summed E-state index contributed by atoms with van der Waals surface area (Å²) >= 11 is 0. The molecule has 1 aromatic rings. The van der Waals surface area contributed by atoms with Gasteiger partial charge in [-0.3, -0.25) is 10.1 Å². The smallest absolute Gasteiger partial charge is 0.269 e. The SMILES string of the molecule is C[C@H](NCc1cccc([N+](=O)[O-])c1)C1CCCCC1. The zero-order valence-corrected chi connectivity index (χ0v) is 11.5. The summed E-state index contributed by atoms with van der Waals surface area (Å²) in [6.45, 7) is 2.94. The van der Waals surface area contributed by atoms with Crippen molar-refractivity contribution in [3.05, 3.63) is 39.9 Å². The third kappa shape index (κ3) is 4.03. The van der Waals surface area contributed by atoms with E-state index < -0.39 is 0 Å². The summed E-state index contributed by atoms with van der Waals surface area (Å²) in [6, 6.07) is 7.36. The van der Waals surface area contributed by atoms with Crippen molar-refractivity contribution in [3.8, 4) is 0 Å². The fourth-order valence-electron chi connectivity index (χ4n) is 2.86. The number of benzene rings is 1. The van der Waals surface area contributed by atoms with Crippen LogP contribution in [0, 0.1) is 16.0 Å². The van der Waals surface area contributed by atoms with Gasteiger partial charge in [-0.25, -0.2) is 0 Å². The highest BCUT2D eigenvalue weighted by Crippen LogP contribution is 2.26. The predicted octanol–water partition coefficient (Wildman–Crippen LogP) is 3.65. The van der Waals surface area contributed by atoms with Crippen molar-refractivity contribution in [1.29, 1.82) is 0 Å². The molecule has 0 aliphatic heterocycles. The van der Waals surface area contributed by atoms with E-state index >= 15 is 0 Å². The molecule has 1 N–H and O–H groups in total. The van der Waals surface area contributed by atoms with Crippen molar-refractivity contribution in [1.82, 2.24) is 5.32 Å². The Labute approximate surface area is 114 Å². The van der Waals surface area contributed by atoms with E-state index in [-0.39, 0.29) is 10.6 Å². The first-order valence-electron chi connectivity index (χ1n) is 7.13. The lowest BCUT2D eigenvalue weighted by molar-refractivity contribution is -0.384. The summed E-state index contributed by atoms with van der Waals surface area (Å²) in [5.74, 6) is 0.757. The van der Waals surface area contributed by atoms with Crippen molar-refractivity contribution in [3.63, 3.8) is 0 Å². The molecule has 0 spiro atoms. The minimum Gasteiger partial charge on any atom is -0.310 e. The monoisotopic (exact) mass is 262 g/mol. The molecule has 0 aromatic heterocycles. The largest absolute Gasteiger partial charge is 0.310 e. The first kappa shape index (κ1) is 14.0. The van der Waals surface area contributed by atoms with Gasteiger partial charge >= 0.3 is 0 Å². The Morgan fingerprint density at radius 1 is 1.37 bits per heavy atom. The second-order valence-corrected chi connectivity index (χ2v) is 5.49. The van der Waals surface area contributed by atoms with Gasteiger partial charge in [0.2, 0.25) is 0 Å². The molecule has 1 aliphatic rings. The molecule has 1 aliphatic carbocycles. The van der Waals surface area contributed by atoms with Crippen LogP contribution in [0.5, 0.6) is 0 Å². The molecule has 0 radical (unpaired) electrons. The molecule has 2 rings (SSSR count). The van der Waals surface area contributed by atoms with Crippen LogP contribution in [-0.4, -0.2) is 11.0 Å². The van der Waals surface area contributed by atoms with Crippen molar-refractivity contribution < 1.29 is 4.92 Å². The molecular weight excluding hydrogens is 240 g/mol. The van der Waals surface area contributed by atoms with Crippen LogP contribution in [0.25, 0.3) is 0 Å². The number of nitro groups is 1. The highest BCUT2D eigenvalue weighted by Gasteiger charge is 2.19. The lowest BCUT2D eigenvalue weighted by Gasteiger charge is -2.28. The maximum Gasteiger partial charge on any atom is 0.269 e. The van der Waals surface area contributed by atoms with Gasteiger partial charge in [0.1, 0.15) is 0 Å². The van der Waals surface area contributed by atoms with E-state index in [1.54, 1.807) is 12.1 Å². The van der Waals surface area contributed by atoms with Gasteiger partial charge in [0.05, 0.1) is 4.92 Å². The molecular formula is C15H22N2O2. The van der Waals surface area contributed by atoms with Crippen LogP contribution in [0.1, 0.15) is 44.6 Å². The molecule has 1 atom stereocenters. The van der Waals surface area contributed by atoms with Gasteiger partial charge in [0, 0.05) is 24.7 Å². The van der Waals surface area contributed by atoms with Crippen LogP contribution >= 0.6 is 0 Å². The molecule has 0 unspecified atom stereocenters. The van der Waals surface area contributed by atoms with Crippen molar-refractivity contribution in [2.75, 3.05) is 0 Å². The zero-order valence-electron chi connectivity index (χ0n) is 11.5. The third-order valence-corrected chi connectivity index (χ3v) is 4.11. The quantitative estimate of drug-likeness (QED) is 0.651. The van der Waals surface area contributed by atoms with E-state index in [9.17, 15) is 10.1 Å². The zero-order chi connectivity index (χ0) is 13.7. The Kier molecular flexibility index (Phi) is 4.91. The van der Waals surface area contributed by atoms with Gasteiger partial charge in [-0.05, 0) is 31.2 Å². The number of nitro benzene ring substituents is 1. The summed E-state index contributed by atoms with van der Waals surface area (Å²) in [5, 5.41) is 14.2. The molecule has 104 valence electrons. The van der Waals surface area contributed by atoms with E-state index in [2.05, 4.69) is 12.2 Å². The minimum atomic E-state index is -0.339. The molecule has 1 fully saturated rings. The highest BCUT2D eigenvalue weighted by atomic mass is 16.6. The van der Waals surface area contributed by atoms with Gasteiger partial charge in [0.25, 0.3) is 5.69 Å². The lowest BCUT2D eigenvalue weighted by Crippen LogP contribution is -2.34. The van der Waals surface area contributed by atoms with Crippen molar-refractivity contribution in [2.24, 2.45) is 5.92 Å². The molecule has 19 heavy (non-hydrogen) atoms. The molecule has 4 nitrogen and oxygen atoms in total. The standard InChI is InChI=1S/C15H22N2O2/c1-12(14-7-3-2-4-8-14)16-11-13-6-5-9-15(10-13)17(18)19/h5-6,9-10,12,14,16H,2-4,7-8,11H2,1H3/t12-/m0/s1. The number of hydrogen-bond donors (Lipinski definition) is 1. The molecule has 1 saturated carbocycles. The lowest BCUT2D eigenvalue weighted by atomic mass is 9.84. The van der Waals surface area contributed by atoms with Gasteiger partial charge in [-0.1, -0.05) is 31.4 Å². The summed E-state index contributed by atoms with van der Waals surface area (Å²) in [4.78, 5) is 10.4. The average molecular weight is 262 g/mol. The highest BCUT2D eigenvalue weighted by molar-refractivity contribution is 5.34. The van der Waals surface area contributed by atoms with E-state index in [1.165, 1.54) is 38.2 Å². The molecule has 0 amide bonds. The van der Waals surface area contributed by atoms with Gasteiger partial charge in [-0.15, -0.1) is 0 Å². The molecule has 4 heteroatoms. The summed E-state index contributed by atoms with van der Waals surface area (Å²) < 4.78 is 0. The Hall–Kier alpha value is -1.42.